The molecule has 1 unspecified atom stereocenters. The number of halogens is 1. The minimum absolute atomic E-state index is 0.155. The van der Waals surface area contributed by atoms with Crippen molar-refractivity contribution in [3.05, 3.63) is 29.6 Å². The second-order valence-corrected chi connectivity index (χ2v) is 3.23. The first-order valence-electron chi connectivity index (χ1n) is 4.90. The summed E-state index contributed by atoms with van der Waals surface area (Å²) in [4.78, 5) is 0. The largest absolute Gasteiger partial charge is 0.467 e. The Kier molecular flexibility index (Phi) is 4.52. The summed E-state index contributed by atoms with van der Waals surface area (Å²) in [6.45, 7) is 4.39. The molecule has 0 aliphatic heterocycles. The molecule has 0 fully saturated rings. The molecule has 1 rings (SSSR count). The summed E-state index contributed by atoms with van der Waals surface area (Å²) in [7, 11) is 0. The zero-order valence-electron chi connectivity index (χ0n) is 9.00. The summed E-state index contributed by atoms with van der Waals surface area (Å²) in [5.41, 5.74) is 6.35. The van der Waals surface area contributed by atoms with Gasteiger partial charge in [-0.05, 0) is 32.0 Å². The van der Waals surface area contributed by atoms with Gasteiger partial charge in [0.15, 0.2) is 6.79 Å². The second kappa shape index (κ2) is 5.68. The van der Waals surface area contributed by atoms with Crippen molar-refractivity contribution in [1.29, 1.82) is 0 Å². The minimum atomic E-state index is -0.314. The molecule has 0 saturated heterocycles. The van der Waals surface area contributed by atoms with Crippen LogP contribution in [-0.2, 0) is 4.74 Å². The number of rotatable bonds is 5. The lowest BCUT2D eigenvalue weighted by Crippen LogP contribution is -2.10. The van der Waals surface area contributed by atoms with Crippen molar-refractivity contribution >= 4 is 0 Å². The van der Waals surface area contributed by atoms with Crippen molar-refractivity contribution in [2.24, 2.45) is 5.73 Å². The van der Waals surface area contributed by atoms with Crippen molar-refractivity contribution in [1.82, 2.24) is 0 Å². The molecule has 1 atom stereocenters. The van der Waals surface area contributed by atoms with Crippen LogP contribution in [0.25, 0.3) is 0 Å². The summed E-state index contributed by atoms with van der Waals surface area (Å²) in [6, 6.07) is 4.02. The molecule has 1 aromatic carbocycles. The van der Waals surface area contributed by atoms with E-state index in [2.05, 4.69) is 0 Å². The molecule has 15 heavy (non-hydrogen) atoms. The number of benzene rings is 1. The van der Waals surface area contributed by atoms with Gasteiger partial charge in [-0.3, -0.25) is 0 Å². The average molecular weight is 213 g/mol. The van der Waals surface area contributed by atoms with Crippen LogP contribution in [0.2, 0.25) is 0 Å². The van der Waals surface area contributed by atoms with Crippen molar-refractivity contribution < 1.29 is 13.9 Å². The second-order valence-electron chi connectivity index (χ2n) is 3.23. The van der Waals surface area contributed by atoms with E-state index in [9.17, 15) is 4.39 Å². The standard InChI is InChI=1S/C11H16FNO2/c1-3-14-7-15-11-5-4-9(12)6-10(11)8(2)13/h4-6,8H,3,7,13H2,1-2H3. The predicted octanol–water partition coefficient (Wildman–Crippen LogP) is 2.22. The van der Waals surface area contributed by atoms with Crippen LogP contribution in [0.5, 0.6) is 5.75 Å². The van der Waals surface area contributed by atoms with Crippen molar-refractivity contribution in [3.63, 3.8) is 0 Å². The molecule has 2 N–H and O–H groups in total. The first-order chi connectivity index (χ1) is 7.15. The lowest BCUT2D eigenvalue weighted by atomic mass is 10.1. The van der Waals surface area contributed by atoms with Gasteiger partial charge in [-0.15, -0.1) is 0 Å². The fraction of sp³-hybridized carbons (Fsp3) is 0.455. The molecule has 3 nitrogen and oxygen atoms in total. The first-order valence-corrected chi connectivity index (χ1v) is 4.90. The van der Waals surface area contributed by atoms with Gasteiger partial charge < -0.3 is 15.2 Å². The van der Waals surface area contributed by atoms with E-state index >= 15 is 0 Å². The Hall–Kier alpha value is -1.13. The van der Waals surface area contributed by atoms with Gasteiger partial charge in [-0.25, -0.2) is 4.39 Å². The predicted molar refractivity (Wildman–Crippen MR) is 56.1 cm³/mol. The maximum absolute atomic E-state index is 13.0. The maximum atomic E-state index is 13.0. The van der Waals surface area contributed by atoms with Gasteiger partial charge in [0.05, 0.1) is 0 Å². The summed E-state index contributed by atoms with van der Waals surface area (Å²) in [5.74, 6) is 0.255. The van der Waals surface area contributed by atoms with E-state index < -0.39 is 0 Å². The Bertz CT molecular complexity index is 315. The van der Waals surface area contributed by atoms with E-state index in [1.165, 1.54) is 12.1 Å². The number of hydrogen-bond acceptors (Lipinski definition) is 3. The molecule has 0 amide bonds. The third-order valence-corrected chi connectivity index (χ3v) is 1.96. The number of hydrogen-bond donors (Lipinski definition) is 1. The quantitative estimate of drug-likeness (QED) is 0.602. The van der Waals surface area contributed by atoms with E-state index in [4.69, 9.17) is 15.2 Å². The van der Waals surface area contributed by atoms with Crippen LogP contribution in [0.4, 0.5) is 4.39 Å². The van der Waals surface area contributed by atoms with Crippen LogP contribution in [0, 0.1) is 5.82 Å². The van der Waals surface area contributed by atoms with Gasteiger partial charge in [0.2, 0.25) is 0 Å². The number of ether oxygens (including phenoxy) is 2. The third-order valence-electron chi connectivity index (χ3n) is 1.96. The SMILES string of the molecule is CCOCOc1ccc(F)cc1C(C)N. The van der Waals surface area contributed by atoms with Gasteiger partial charge in [0.25, 0.3) is 0 Å². The molecule has 0 heterocycles. The molecular formula is C11H16FNO2. The molecule has 0 aromatic heterocycles. The summed E-state index contributed by atoms with van der Waals surface area (Å²) >= 11 is 0. The summed E-state index contributed by atoms with van der Waals surface area (Å²) in [6.07, 6.45) is 0. The van der Waals surface area contributed by atoms with E-state index in [1.54, 1.807) is 13.0 Å². The number of nitrogens with two attached hydrogens (primary N) is 1. The van der Waals surface area contributed by atoms with Crippen LogP contribution in [0.1, 0.15) is 25.5 Å². The van der Waals surface area contributed by atoms with Gasteiger partial charge in [-0.1, -0.05) is 0 Å². The van der Waals surface area contributed by atoms with Crippen LogP contribution in [-0.4, -0.2) is 13.4 Å². The average Bonchev–Trinajstić information content (AvgIpc) is 2.20. The lowest BCUT2D eigenvalue weighted by molar-refractivity contribution is 0.0216. The van der Waals surface area contributed by atoms with E-state index in [0.717, 1.165) is 0 Å². The van der Waals surface area contributed by atoms with Crippen LogP contribution in [0.3, 0.4) is 0 Å². The van der Waals surface area contributed by atoms with Crippen molar-refractivity contribution in [3.8, 4) is 5.75 Å². The van der Waals surface area contributed by atoms with Crippen LogP contribution in [0.15, 0.2) is 18.2 Å². The maximum Gasteiger partial charge on any atom is 0.189 e. The van der Waals surface area contributed by atoms with Gasteiger partial charge in [0, 0.05) is 18.2 Å². The van der Waals surface area contributed by atoms with Crippen LogP contribution >= 0.6 is 0 Å². The molecule has 0 radical (unpaired) electrons. The third kappa shape index (κ3) is 3.49. The molecule has 0 saturated carbocycles. The zero-order chi connectivity index (χ0) is 11.3. The fourth-order valence-corrected chi connectivity index (χ4v) is 1.20. The smallest absolute Gasteiger partial charge is 0.189 e. The van der Waals surface area contributed by atoms with Crippen molar-refractivity contribution in [2.75, 3.05) is 13.4 Å². The molecule has 4 heteroatoms. The normalized spacial score (nSPS) is 12.5. The fourth-order valence-electron chi connectivity index (χ4n) is 1.20. The topological polar surface area (TPSA) is 44.5 Å². The zero-order valence-corrected chi connectivity index (χ0v) is 9.00. The Balaban J connectivity index is 2.77. The lowest BCUT2D eigenvalue weighted by Gasteiger charge is -2.13. The molecular weight excluding hydrogens is 197 g/mol. The van der Waals surface area contributed by atoms with E-state index in [1.807, 2.05) is 6.92 Å². The molecule has 0 aliphatic rings. The highest BCUT2D eigenvalue weighted by Gasteiger charge is 2.09. The van der Waals surface area contributed by atoms with Gasteiger partial charge in [0.1, 0.15) is 11.6 Å². The molecule has 84 valence electrons. The Morgan fingerprint density at radius 1 is 1.47 bits per heavy atom. The first kappa shape index (κ1) is 11.9. The molecule has 0 aliphatic carbocycles. The summed E-state index contributed by atoms with van der Waals surface area (Å²) in [5, 5.41) is 0. The monoisotopic (exact) mass is 213 g/mol. The summed E-state index contributed by atoms with van der Waals surface area (Å²) < 4.78 is 23.3. The molecule has 0 bridgehead atoms. The van der Waals surface area contributed by atoms with Gasteiger partial charge in [-0.2, -0.15) is 0 Å². The molecule has 1 aromatic rings. The Morgan fingerprint density at radius 3 is 2.80 bits per heavy atom. The highest BCUT2D eigenvalue weighted by molar-refractivity contribution is 5.35. The minimum Gasteiger partial charge on any atom is -0.467 e. The Morgan fingerprint density at radius 2 is 2.20 bits per heavy atom. The highest BCUT2D eigenvalue weighted by Crippen LogP contribution is 2.24. The van der Waals surface area contributed by atoms with Crippen LogP contribution < -0.4 is 10.5 Å². The van der Waals surface area contributed by atoms with Gasteiger partial charge >= 0.3 is 0 Å². The van der Waals surface area contributed by atoms with Crippen molar-refractivity contribution in [2.45, 2.75) is 19.9 Å². The van der Waals surface area contributed by atoms with E-state index in [0.29, 0.717) is 17.9 Å². The molecule has 0 spiro atoms. The van der Waals surface area contributed by atoms with E-state index in [-0.39, 0.29) is 18.7 Å². The highest BCUT2D eigenvalue weighted by atomic mass is 19.1. The Labute approximate surface area is 89.0 Å².